The van der Waals surface area contributed by atoms with E-state index in [1.54, 1.807) is 17.9 Å². The molecule has 8 nitrogen and oxygen atoms in total. The van der Waals surface area contributed by atoms with Crippen molar-refractivity contribution in [2.24, 2.45) is 7.05 Å². The highest BCUT2D eigenvalue weighted by molar-refractivity contribution is 5.89. The summed E-state index contributed by atoms with van der Waals surface area (Å²) >= 11 is 0. The van der Waals surface area contributed by atoms with Crippen LogP contribution in [0.25, 0.3) is 11.1 Å². The summed E-state index contributed by atoms with van der Waals surface area (Å²) in [5.41, 5.74) is 3.49. The zero-order valence-electron chi connectivity index (χ0n) is 20.4. The van der Waals surface area contributed by atoms with E-state index in [2.05, 4.69) is 22.5 Å². The number of carbonyl (C=O) groups excluding carboxylic acids is 1. The minimum Gasteiger partial charge on any atom is -0.481 e. The molecule has 36 heavy (non-hydrogen) atoms. The van der Waals surface area contributed by atoms with Crippen LogP contribution in [0.15, 0.2) is 60.8 Å². The van der Waals surface area contributed by atoms with Crippen molar-refractivity contribution in [3.63, 3.8) is 0 Å². The molecule has 3 aromatic rings. The predicted octanol–water partition coefficient (Wildman–Crippen LogP) is 4.93. The van der Waals surface area contributed by atoms with Gasteiger partial charge in [0.25, 0.3) is 0 Å². The Hall–Kier alpha value is -3.65. The van der Waals surface area contributed by atoms with E-state index in [9.17, 15) is 14.7 Å². The van der Waals surface area contributed by atoms with Crippen LogP contribution in [0.2, 0.25) is 0 Å². The molecule has 2 saturated heterocycles. The number of hydrogen-bond acceptors (Lipinski definition) is 5. The lowest BCUT2D eigenvalue weighted by Crippen LogP contribution is -2.54. The van der Waals surface area contributed by atoms with Crippen LogP contribution in [-0.4, -0.2) is 45.8 Å². The molecular formula is C28H31N3O5. The van der Waals surface area contributed by atoms with Gasteiger partial charge in [-0.25, -0.2) is 4.79 Å². The monoisotopic (exact) mass is 489 g/mol. The molecule has 2 N–H and O–H groups in total. The van der Waals surface area contributed by atoms with Crippen LogP contribution in [-0.2, 0) is 33.2 Å². The number of ether oxygens (including phenoxy) is 2. The van der Waals surface area contributed by atoms with Crippen LogP contribution in [0.5, 0.6) is 0 Å². The Morgan fingerprint density at radius 2 is 1.81 bits per heavy atom. The van der Waals surface area contributed by atoms with Gasteiger partial charge in [0.15, 0.2) is 0 Å². The van der Waals surface area contributed by atoms with Gasteiger partial charge in [0, 0.05) is 24.4 Å². The molecule has 1 aromatic heterocycles. The molecular weight excluding hydrogens is 458 g/mol. The third-order valence-corrected chi connectivity index (χ3v) is 7.68. The van der Waals surface area contributed by atoms with E-state index in [0.717, 1.165) is 42.4 Å². The van der Waals surface area contributed by atoms with Gasteiger partial charge in [-0.1, -0.05) is 54.6 Å². The van der Waals surface area contributed by atoms with Crippen LogP contribution >= 0.6 is 0 Å². The Labute approximate surface area is 210 Å². The molecule has 3 heterocycles. The maximum atomic E-state index is 12.5. The first-order valence-electron chi connectivity index (χ1n) is 12.3. The van der Waals surface area contributed by atoms with Crippen molar-refractivity contribution in [3.05, 3.63) is 71.9 Å². The van der Waals surface area contributed by atoms with E-state index in [-0.39, 0.29) is 18.4 Å². The van der Waals surface area contributed by atoms with Crippen LogP contribution in [0.3, 0.4) is 0 Å². The Morgan fingerprint density at radius 1 is 1.08 bits per heavy atom. The summed E-state index contributed by atoms with van der Waals surface area (Å²) in [6.07, 6.45) is 5.33. The number of rotatable bonds is 8. The van der Waals surface area contributed by atoms with Crippen molar-refractivity contribution in [2.45, 2.75) is 49.5 Å². The lowest BCUT2D eigenvalue weighted by Gasteiger charge is -2.53. The first kappa shape index (κ1) is 24.1. The molecule has 1 saturated carbocycles. The fraction of sp³-hybridized carbons (Fsp3) is 0.393. The van der Waals surface area contributed by atoms with E-state index in [0.29, 0.717) is 18.8 Å². The molecule has 3 aliphatic rings. The molecule has 0 atom stereocenters. The smallest absolute Gasteiger partial charge is 0.412 e. The number of nitrogens with zero attached hydrogens (tertiary/aromatic N) is 2. The topological polar surface area (TPSA) is 103 Å². The maximum absolute atomic E-state index is 12.5. The number of amides is 1. The number of carboxylic acids is 1. The van der Waals surface area contributed by atoms with Crippen LogP contribution < -0.4 is 5.32 Å². The summed E-state index contributed by atoms with van der Waals surface area (Å²) in [6.45, 7) is 0.837. The normalized spacial score (nSPS) is 22.8. The fourth-order valence-corrected chi connectivity index (χ4v) is 5.48. The average Bonchev–Trinajstić information content (AvgIpc) is 3.25. The molecule has 2 bridgehead atoms. The number of benzene rings is 2. The fourth-order valence-electron chi connectivity index (χ4n) is 5.48. The van der Waals surface area contributed by atoms with Crippen molar-refractivity contribution < 1.29 is 24.2 Å². The third-order valence-electron chi connectivity index (χ3n) is 7.68. The van der Waals surface area contributed by atoms with Gasteiger partial charge in [0.05, 0.1) is 31.4 Å². The standard InChI is InChI=1S/C28H31N3O5/c1-31-25(30-26(34)35-16-11-20-5-3-2-4-6-20)23(18-29-31)21-7-9-22(10-8-21)27-12-14-28(15-13-27,36-19-27)17-24(32)33/h2-10,18H,11-17,19H2,1H3,(H,30,34)(H,32,33). The van der Waals surface area contributed by atoms with Crippen LogP contribution in [0.1, 0.15) is 43.2 Å². The number of aliphatic carboxylic acids is 1. The highest BCUT2D eigenvalue weighted by Gasteiger charge is 2.51. The molecule has 0 spiro atoms. The zero-order valence-corrected chi connectivity index (χ0v) is 20.4. The van der Waals surface area contributed by atoms with E-state index in [1.165, 1.54) is 5.56 Å². The summed E-state index contributed by atoms with van der Waals surface area (Å²) in [4.78, 5) is 23.7. The number of carbonyl (C=O) groups is 2. The van der Waals surface area contributed by atoms with Crippen molar-refractivity contribution in [2.75, 3.05) is 18.5 Å². The van der Waals surface area contributed by atoms with Crippen molar-refractivity contribution in [3.8, 4) is 11.1 Å². The van der Waals surface area contributed by atoms with Crippen LogP contribution in [0, 0.1) is 0 Å². The number of aromatic nitrogens is 2. The lowest BCUT2D eigenvalue weighted by molar-refractivity contribution is -0.174. The first-order chi connectivity index (χ1) is 17.4. The maximum Gasteiger partial charge on any atom is 0.412 e. The molecule has 188 valence electrons. The van der Waals surface area contributed by atoms with Gasteiger partial charge in [-0.15, -0.1) is 0 Å². The third kappa shape index (κ3) is 4.86. The summed E-state index contributed by atoms with van der Waals surface area (Å²) in [6, 6.07) is 18.2. The largest absolute Gasteiger partial charge is 0.481 e. The number of nitrogens with one attached hydrogen (secondary N) is 1. The first-order valence-corrected chi connectivity index (χ1v) is 12.3. The minimum atomic E-state index is -0.797. The SMILES string of the molecule is Cn1ncc(-c2ccc(C34CCC(CC(=O)O)(CC3)OC4)cc2)c1NC(=O)OCCc1ccccc1. The Morgan fingerprint density at radius 3 is 2.44 bits per heavy atom. The van der Waals surface area contributed by atoms with Gasteiger partial charge in [0.1, 0.15) is 5.82 Å². The number of hydrogen-bond donors (Lipinski definition) is 2. The number of aryl methyl sites for hydroxylation is 1. The molecule has 0 radical (unpaired) electrons. The molecule has 2 aliphatic heterocycles. The highest BCUT2D eigenvalue weighted by Crippen LogP contribution is 2.51. The van der Waals surface area contributed by atoms with Crippen LogP contribution in [0.4, 0.5) is 10.6 Å². The van der Waals surface area contributed by atoms with Gasteiger partial charge in [0.2, 0.25) is 0 Å². The lowest BCUT2D eigenvalue weighted by atomic mass is 9.62. The molecule has 2 aromatic carbocycles. The number of anilines is 1. The summed E-state index contributed by atoms with van der Waals surface area (Å²) in [5, 5.41) is 16.4. The summed E-state index contributed by atoms with van der Waals surface area (Å²) in [5.74, 6) is -0.225. The second-order valence-corrected chi connectivity index (χ2v) is 9.93. The predicted molar refractivity (Wildman–Crippen MR) is 135 cm³/mol. The molecule has 3 fully saturated rings. The van der Waals surface area contributed by atoms with Gasteiger partial charge in [-0.05, 0) is 42.4 Å². The number of fused-ring (bicyclic) bond motifs is 3. The van der Waals surface area contributed by atoms with Crippen molar-refractivity contribution >= 4 is 17.9 Å². The van der Waals surface area contributed by atoms with E-state index in [4.69, 9.17) is 9.47 Å². The Bertz CT molecular complexity index is 1210. The van der Waals surface area contributed by atoms with Gasteiger partial charge in [-0.2, -0.15) is 5.10 Å². The Balaban J connectivity index is 1.24. The number of carboxylic acid groups (broad SMARTS) is 1. The Kier molecular flexibility index (Phi) is 6.53. The molecule has 1 aliphatic carbocycles. The second-order valence-electron chi connectivity index (χ2n) is 9.93. The molecule has 8 heteroatoms. The highest BCUT2D eigenvalue weighted by atomic mass is 16.5. The summed E-state index contributed by atoms with van der Waals surface area (Å²) < 4.78 is 13.1. The van der Waals surface area contributed by atoms with E-state index < -0.39 is 17.7 Å². The van der Waals surface area contributed by atoms with E-state index >= 15 is 0 Å². The van der Waals surface area contributed by atoms with Crippen molar-refractivity contribution in [1.29, 1.82) is 0 Å². The molecule has 0 unspecified atom stereocenters. The summed E-state index contributed by atoms with van der Waals surface area (Å²) in [7, 11) is 1.78. The molecule has 6 rings (SSSR count). The quantitative estimate of drug-likeness (QED) is 0.465. The van der Waals surface area contributed by atoms with Crippen molar-refractivity contribution in [1.82, 2.24) is 9.78 Å². The van der Waals surface area contributed by atoms with Gasteiger partial charge in [-0.3, -0.25) is 14.8 Å². The van der Waals surface area contributed by atoms with E-state index in [1.807, 2.05) is 42.5 Å². The van der Waals surface area contributed by atoms with Gasteiger partial charge < -0.3 is 14.6 Å². The van der Waals surface area contributed by atoms with Gasteiger partial charge >= 0.3 is 12.1 Å². The average molecular weight is 490 g/mol. The minimum absolute atomic E-state index is 0.0721. The molecule has 1 amide bonds. The second kappa shape index (κ2) is 9.78. The zero-order chi connectivity index (χ0) is 25.2.